The van der Waals surface area contributed by atoms with Crippen molar-refractivity contribution in [2.45, 2.75) is 0 Å². The van der Waals surface area contributed by atoms with Crippen LogP contribution in [0.1, 0.15) is 20.8 Å². The predicted molar refractivity (Wildman–Crippen MR) is 95.1 cm³/mol. The third-order valence-electron chi connectivity index (χ3n) is 3.70. The normalized spacial score (nSPS) is 10.2. The van der Waals surface area contributed by atoms with Gasteiger partial charge in [0.1, 0.15) is 5.69 Å². The Bertz CT molecular complexity index is 845. The number of hydrogen-bond acceptors (Lipinski definition) is 3. The summed E-state index contributed by atoms with van der Waals surface area (Å²) in [7, 11) is 0. The van der Waals surface area contributed by atoms with Crippen molar-refractivity contribution in [2.75, 3.05) is 13.1 Å². The number of nitrogens with one attached hydrogen (secondary N) is 3. The van der Waals surface area contributed by atoms with Gasteiger partial charge >= 0.3 is 0 Å². The molecule has 3 N–H and O–H groups in total. The van der Waals surface area contributed by atoms with Crippen molar-refractivity contribution in [3.05, 3.63) is 78.1 Å². The highest BCUT2D eigenvalue weighted by atomic mass is 16.2. The monoisotopic (exact) mass is 334 g/mol. The fourth-order valence-electron chi connectivity index (χ4n) is 2.48. The summed E-state index contributed by atoms with van der Waals surface area (Å²) >= 11 is 0. The highest BCUT2D eigenvalue weighted by molar-refractivity contribution is 6.00. The Morgan fingerprint density at radius 2 is 1.52 bits per heavy atom. The molecule has 0 aliphatic heterocycles. The van der Waals surface area contributed by atoms with E-state index in [1.165, 1.54) is 6.20 Å². The lowest BCUT2D eigenvalue weighted by Gasteiger charge is -2.11. The van der Waals surface area contributed by atoms with E-state index < -0.39 is 0 Å². The molecular weight excluding hydrogens is 316 g/mol. The molecule has 0 saturated carbocycles. The third-order valence-corrected chi connectivity index (χ3v) is 3.70. The summed E-state index contributed by atoms with van der Waals surface area (Å²) in [4.78, 5) is 24.2. The SMILES string of the molecule is O=C(NCCNC(=O)c1ccccc1-c1ccccc1)c1ccn[nH]1. The van der Waals surface area contributed by atoms with E-state index in [9.17, 15) is 9.59 Å². The predicted octanol–water partition coefficient (Wildman–Crippen LogP) is 2.24. The van der Waals surface area contributed by atoms with Crippen molar-refractivity contribution >= 4 is 11.8 Å². The first-order valence-corrected chi connectivity index (χ1v) is 7.96. The number of amides is 2. The fourth-order valence-corrected chi connectivity index (χ4v) is 2.48. The molecule has 126 valence electrons. The van der Waals surface area contributed by atoms with Crippen LogP contribution in [0.15, 0.2) is 66.9 Å². The van der Waals surface area contributed by atoms with Gasteiger partial charge in [-0.15, -0.1) is 0 Å². The van der Waals surface area contributed by atoms with Crippen LogP contribution in [0.3, 0.4) is 0 Å². The van der Waals surface area contributed by atoms with Crippen molar-refractivity contribution in [1.82, 2.24) is 20.8 Å². The highest BCUT2D eigenvalue weighted by Gasteiger charge is 2.12. The van der Waals surface area contributed by atoms with E-state index in [4.69, 9.17) is 0 Å². The summed E-state index contributed by atoms with van der Waals surface area (Å²) in [6.07, 6.45) is 1.51. The van der Waals surface area contributed by atoms with Crippen molar-refractivity contribution in [2.24, 2.45) is 0 Å². The second kappa shape index (κ2) is 7.92. The summed E-state index contributed by atoms with van der Waals surface area (Å²) in [5.41, 5.74) is 2.86. The van der Waals surface area contributed by atoms with Crippen molar-refractivity contribution in [1.29, 1.82) is 0 Å². The van der Waals surface area contributed by atoms with Gasteiger partial charge in [0.2, 0.25) is 0 Å². The number of rotatable bonds is 6. The van der Waals surface area contributed by atoms with Crippen LogP contribution in [0.25, 0.3) is 11.1 Å². The van der Waals surface area contributed by atoms with Gasteiger partial charge in [-0.3, -0.25) is 14.7 Å². The zero-order valence-electron chi connectivity index (χ0n) is 13.5. The van der Waals surface area contributed by atoms with Gasteiger partial charge in [0, 0.05) is 24.8 Å². The fraction of sp³-hybridized carbons (Fsp3) is 0.105. The maximum atomic E-state index is 12.5. The van der Waals surface area contributed by atoms with E-state index in [0.29, 0.717) is 24.3 Å². The summed E-state index contributed by atoms with van der Waals surface area (Å²) in [6, 6.07) is 18.8. The summed E-state index contributed by atoms with van der Waals surface area (Å²) in [5, 5.41) is 11.9. The molecular formula is C19H18N4O2. The van der Waals surface area contributed by atoms with Crippen LogP contribution in [0.2, 0.25) is 0 Å². The largest absolute Gasteiger partial charge is 0.350 e. The number of carbonyl (C=O) groups is 2. The molecule has 2 aromatic carbocycles. The van der Waals surface area contributed by atoms with Gasteiger partial charge in [-0.1, -0.05) is 48.5 Å². The molecule has 0 bridgehead atoms. The Kier molecular flexibility index (Phi) is 5.21. The van der Waals surface area contributed by atoms with Gasteiger partial charge in [-0.25, -0.2) is 0 Å². The zero-order chi connectivity index (χ0) is 17.5. The third kappa shape index (κ3) is 4.11. The smallest absolute Gasteiger partial charge is 0.269 e. The first-order valence-electron chi connectivity index (χ1n) is 7.96. The van der Waals surface area contributed by atoms with Crippen LogP contribution in [-0.4, -0.2) is 35.1 Å². The molecule has 1 aromatic heterocycles. The maximum absolute atomic E-state index is 12.5. The summed E-state index contributed by atoms with van der Waals surface area (Å²) in [5.74, 6) is -0.424. The van der Waals surface area contributed by atoms with Gasteiger partial charge in [0.15, 0.2) is 0 Å². The molecule has 0 aliphatic rings. The Balaban J connectivity index is 1.58. The van der Waals surface area contributed by atoms with Crippen LogP contribution in [0.4, 0.5) is 0 Å². The summed E-state index contributed by atoms with van der Waals surface area (Å²) < 4.78 is 0. The molecule has 0 atom stereocenters. The highest BCUT2D eigenvalue weighted by Crippen LogP contribution is 2.23. The Labute approximate surface area is 145 Å². The van der Waals surface area contributed by atoms with Gasteiger partial charge in [-0.05, 0) is 23.3 Å². The number of aromatic amines is 1. The van der Waals surface area contributed by atoms with Gasteiger partial charge in [0.05, 0.1) is 0 Å². The molecule has 1 heterocycles. The second-order valence-electron chi connectivity index (χ2n) is 5.39. The Morgan fingerprint density at radius 3 is 2.24 bits per heavy atom. The second-order valence-corrected chi connectivity index (χ2v) is 5.39. The van der Waals surface area contributed by atoms with E-state index in [1.807, 2.05) is 48.5 Å². The van der Waals surface area contributed by atoms with Crippen LogP contribution in [0, 0.1) is 0 Å². The number of nitrogens with zero attached hydrogens (tertiary/aromatic N) is 1. The number of H-pyrrole nitrogens is 1. The maximum Gasteiger partial charge on any atom is 0.269 e. The molecule has 0 fully saturated rings. The van der Waals surface area contributed by atoms with E-state index in [1.54, 1.807) is 12.1 Å². The topological polar surface area (TPSA) is 86.9 Å². The van der Waals surface area contributed by atoms with Crippen molar-refractivity contribution in [3.8, 4) is 11.1 Å². The molecule has 6 heteroatoms. The first kappa shape index (κ1) is 16.4. The quantitative estimate of drug-likeness (QED) is 0.604. The van der Waals surface area contributed by atoms with Crippen molar-refractivity contribution in [3.63, 3.8) is 0 Å². The van der Waals surface area contributed by atoms with Crippen LogP contribution < -0.4 is 10.6 Å². The minimum Gasteiger partial charge on any atom is -0.350 e. The molecule has 0 aliphatic carbocycles. The van der Waals surface area contributed by atoms with Gasteiger partial charge < -0.3 is 10.6 Å². The average molecular weight is 334 g/mol. The number of carbonyl (C=O) groups excluding carboxylic acids is 2. The van der Waals surface area contributed by atoms with E-state index in [0.717, 1.165) is 11.1 Å². The minimum absolute atomic E-state index is 0.171. The number of aromatic nitrogens is 2. The summed E-state index contributed by atoms with van der Waals surface area (Å²) in [6.45, 7) is 0.666. The van der Waals surface area contributed by atoms with E-state index in [-0.39, 0.29) is 11.8 Å². The van der Waals surface area contributed by atoms with E-state index >= 15 is 0 Å². The number of hydrogen-bond donors (Lipinski definition) is 3. The Hall–Kier alpha value is -3.41. The Morgan fingerprint density at radius 1 is 0.840 bits per heavy atom. The molecule has 6 nitrogen and oxygen atoms in total. The van der Waals surface area contributed by atoms with Crippen LogP contribution in [-0.2, 0) is 0 Å². The first-order chi connectivity index (χ1) is 12.3. The van der Waals surface area contributed by atoms with Crippen LogP contribution in [0.5, 0.6) is 0 Å². The van der Waals surface area contributed by atoms with E-state index in [2.05, 4.69) is 20.8 Å². The standard InChI is InChI=1S/C19H18N4O2/c24-18(20-12-13-21-19(25)17-10-11-22-23-17)16-9-5-4-8-15(16)14-6-2-1-3-7-14/h1-11H,12-13H2,(H,20,24)(H,21,25)(H,22,23). The molecule has 3 rings (SSSR count). The van der Waals surface area contributed by atoms with Gasteiger partial charge in [-0.2, -0.15) is 5.10 Å². The minimum atomic E-state index is -0.253. The molecule has 0 radical (unpaired) electrons. The average Bonchev–Trinajstić information content (AvgIpc) is 3.20. The lowest BCUT2D eigenvalue weighted by Crippen LogP contribution is -2.35. The zero-order valence-corrected chi connectivity index (χ0v) is 13.5. The molecule has 2 amide bonds. The van der Waals surface area contributed by atoms with Gasteiger partial charge in [0.25, 0.3) is 11.8 Å². The van der Waals surface area contributed by atoms with Crippen molar-refractivity contribution < 1.29 is 9.59 Å². The molecule has 0 saturated heterocycles. The molecule has 25 heavy (non-hydrogen) atoms. The van der Waals surface area contributed by atoms with Crippen LogP contribution >= 0.6 is 0 Å². The molecule has 0 unspecified atom stereocenters. The molecule has 0 spiro atoms. The number of benzene rings is 2. The lowest BCUT2D eigenvalue weighted by atomic mass is 9.99. The lowest BCUT2D eigenvalue weighted by molar-refractivity contribution is 0.0925. The molecule has 3 aromatic rings.